The van der Waals surface area contributed by atoms with E-state index in [9.17, 15) is 14.4 Å². The summed E-state index contributed by atoms with van der Waals surface area (Å²) >= 11 is 0. The quantitative estimate of drug-likeness (QED) is 0.480. The molecule has 3 amide bonds. The van der Waals surface area contributed by atoms with Crippen LogP contribution in [-0.4, -0.2) is 123 Å². The topological polar surface area (TPSA) is 128 Å². The van der Waals surface area contributed by atoms with Crippen molar-refractivity contribution in [3.8, 4) is 0 Å². The molecule has 0 aromatic carbocycles. The molecule has 0 radical (unpaired) electrons. The molecule has 2 aromatic rings. The van der Waals surface area contributed by atoms with Gasteiger partial charge in [0.1, 0.15) is 22.9 Å². The molecule has 48 heavy (non-hydrogen) atoms. The Bertz CT molecular complexity index is 1550. The first-order chi connectivity index (χ1) is 22.6. The van der Waals surface area contributed by atoms with Crippen molar-refractivity contribution in [3.63, 3.8) is 0 Å². The number of piperazine rings is 1. The number of hydrogen-bond donors (Lipinski definition) is 2. The average molecular weight is 662 g/mol. The number of likely N-dealkylation sites (tertiary alicyclic amines) is 2. The summed E-state index contributed by atoms with van der Waals surface area (Å²) in [5.41, 5.74) is 1.57. The minimum Gasteiger partial charge on any atom is -0.444 e. The van der Waals surface area contributed by atoms with E-state index in [1.807, 2.05) is 36.6 Å². The van der Waals surface area contributed by atoms with Gasteiger partial charge in [0.25, 0.3) is 11.8 Å². The van der Waals surface area contributed by atoms with Crippen molar-refractivity contribution in [1.29, 1.82) is 0 Å². The lowest BCUT2D eigenvalue weighted by Crippen LogP contribution is -2.57. The molecule has 0 saturated carbocycles. The minimum atomic E-state index is -0.561. The molecule has 2 N–H and O–H groups in total. The molecule has 0 aliphatic carbocycles. The second-order valence-corrected chi connectivity index (χ2v) is 15.7. The second kappa shape index (κ2) is 12.7. The fourth-order valence-corrected chi connectivity index (χ4v) is 7.37. The van der Waals surface area contributed by atoms with Crippen molar-refractivity contribution < 1.29 is 19.1 Å². The highest BCUT2D eigenvalue weighted by Crippen LogP contribution is 2.36. The van der Waals surface area contributed by atoms with Gasteiger partial charge in [-0.05, 0) is 85.4 Å². The zero-order valence-corrected chi connectivity index (χ0v) is 29.6. The van der Waals surface area contributed by atoms with E-state index in [4.69, 9.17) is 4.74 Å². The molecule has 3 atom stereocenters. The van der Waals surface area contributed by atoms with Crippen LogP contribution in [0.2, 0.25) is 0 Å². The summed E-state index contributed by atoms with van der Waals surface area (Å²) in [7, 11) is 3.56. The average Bonchev–Trinajstić information content (AvgIpc) is 3.53. The van der Waals surface area contributed by atoms with Gasteiger partial charge in [-0.3, -0.25) is 19.4 Å². The monoisotopic (exact) mass is 661 g/mol. The molecule has 3 saturated heterocycles. The third-order valence-electron chi connectivity index (χ3n) is 9.77. The van der Waals surface area contributed by atoms with Gasteiger partial charge in [-0.15, -0.1) is 0 Å². The molecule has 260 valence electrons. The molecule has 6 rings (SSSR count). The van der Waals surface area contributed by atoms with Crippen LogP contribution in [0.15, 0.2) is 29.4 Å². The van der Waals surface area contributed by atoms with Crippen molar-refractivity contribution in [2.24, 2.45) is 4.99 Å². The summed E-state index contributed by atoms with van der Waals surface area (Å²) in [6.45, 7) is 15.2. The van der Waals surface area contributed by atoms with Crippen LogP contribution in [0.3, 0.4) is 0 Å². The number of pyridine rings is 1. The summed E-state index contributed by atoms with van der Waals surface area (Å²) in [5, 5.41) is 6.84. The number of aromatic nitrogens is 2. The number of rotatable bonds is 5. The van der Waals surface area contributed by atoms with Crippen LogP contribution in [0.25, 0.3) is 0 Å². The first-order valence-corrected chi connectivity index (χ1v) is 17.1. The van der Waals surface area contributed by atoms with Gasteiger partial charge in [0.15, 0.2) is 6.29 Å². The summed E-state index contributed by atoms with van der Waals surface area (Å²) in [6.07, 6.45) is 6.18. The number of hydrogen-bond acceptors (Lipinski definition) is 9. The highest BCUT2D eigenvalue weighted by atomic mass is 16.6. The molecule has 4 aliphatic rings. The predicted octanol–water partition coefficient (Wildman–Crippen LogP) is 4.48. The number of amides is 3. The fourth-order valence-electron chi connectivity index (χ4n) is 7.37. The van der Waals surface area contributed by atoms with Crippen molar-refractivity contribution in [3.05, 3.63) is 41.2 Å². The molecule has 3 unspecified atom stereocenters. The highest BCUT2D eigenvalue weighted by molar-refractivity contribution is 5.99. The predicted molar refractivity (Wildman–Crippen MR) is 186 cm³/mol. The molecule has 2 bridgehead atoms. The van der Waals surface area contributed by atoms with E-state index in [0.29, 0.717) is 30.2 Å². The van der Waals surface area contributed by atoms with Gasteiger partial charge in [-0.2, -0.15) is 0 Å². The van der Waals surface area contributed by atoms with Crippen LogP contribution in [0, 0.1) is 0 Å². The lowest BCUT2D eigenvalue weighted by molar-refractivity contribution is -0.00336. The lowest BCUT2D eigenvalue weighted by atomic mass is 9.97. The van der Waals surface area contributed by atoms with E-state index in [0.717, 1.165) is 50.2 Å². The summed E-state index contributed by atoms with van der Waals surface area (Å²) in [6, 6.07) is 5.57. The number of aliphatic imine (C=N–C) groups is 1. The van der Waals surface area contributed by atoms with E-state index in [1.54, 1.807) is 43.5 Å². The number of fused-ring (bicyclic) bond motifs is 3. The Kier molecular flexibility index (Phi) is 8.95. The maximum absolute atomic E-state index is 13.5. The SMILES string of the molecule is CN(C)C(=O)c1cc2c(n1C1CCN(C(C)(C)C)CC1)NC(Nc1ccc(C(=O)N3CC4CCC(C3)N4C(=O)OC(C)(C)C)cn1)N=C2. The number of carbonyl (C=O) groups excluding carboxylic acids is 3. The van der Waals surface area contributed by atoms with Crippen LogP contribution < -0.4 is 10.6 Å². The first-order valence-electron chi connectivity index (χ1n) is 17.1. The van der Waals surface area contributed by atoms with Gasteiger partial charge in [-0.25, -0.2) is 14.8 Å². The van der Waals surface area contributed by atoms with Crippen LogP contribution in [0.5, 0.6) is 0 Å². The van der Waals surface area contributed by atoms with Gasteiger partial charge in [-0.1, -0.05) is 0 Å². The standard InChI is InChI=1S/C35H51N9O4/c1-34(2,3)42-15-13-24(14-16-42)44-27(31(46)40(7)8)17-23-19-37-32(39-29(23)44)38-28-12-9-22(18-36-28)30(45)41-20-25-10-11-26(21-41)43(25)33(47)48-35(4,5)6/h9,12,17-19,24-26,32,39H,10-11,13-16,20-21H2,1-8H3,(H,36,38). The van der Waals surface area contributed by atoms with Crippen LogP contribution in [0.1, 0.15) is 99.7 Å². The zero-order valence-electron chi connectivity index (χ0n) is 29.6. The largest absolute Gasteiger partial charge is 0.444 e. The summed E-state index contributed by atoms with van der Waals surface area (Å²) < 4.78 is 7.81. The Morgan fingerprint density at radius 2 is 1.62 bits per heavy atom. The van der Waals surface area contributed by atoms with Crippen molar-refractivity contribution in [2.75, 3.05) is 50.9 Å². The van der Waals surface area contributed by atoms with Crippen molar-refractivity contribution in [1.82, 2.24) is 29.2 Å². The molecule has 2 aromatic heterocycles. The number of ether oxygens (including phenoxy) is 1. The van der Waals surface area contributed by atoms with Crippen LogP contribution in [0.4, 0.5) is 16.4 Å². The van der Waals surface area contributed by atoms with E-state index in [1.165, 1.54) is 0 Å². The maximum Gasteiger partial charge on any atom is 0.410 e. The molecular formula is C35H51N9O4. The van der Waals surface area contributed by atoms with Crippen LogP contribution >= 0.6 is 0 Å². The number of carbonyl (C=O) groups is 3. The molecule has 3 fully saturated rings. The third-order valence-corrected chi connectivity index (χ3v) is 9.77. The number of piperidine rings is 1. The van der Waals surface area contributed by atoms with E-state index >= 15 is 0 Å². The van der Waals surface area contributed by atoms with Crippen molar-refractivity contribution in [2.45, 2.75) is 103 Å². The van der Waals surface area contributed by atoms with Gasteiger partial charge in [0.2, 0.25) is 0 Å². The third kappa shape index (κ3) is 6.87. The van der Waals surface area contributed by atoms with Gasteiger partial charge < -0.3 is 29.7 Å². The van der Waals surface area contributed by atoms with Gasteiger partial charge >= 0.3 is 6.09 Å². The molecule has 13 nitrogen and oxygen atoms in total. The van der Waals surface area contributed by atoms with Crippen molar-refractivity contribution >= 4 is 35.8 Å². The Labute approximate surface area is 283 Å². The maximum atomic E-state index is 13.5. The number of nitrogens with zero attached hydrogens (tertiary/aromatic N) is 7. The van der Waals surface area contributed by atoms with E-state index in [-0.39, 0.29) is 41.6 Å². The normalized spacial score (nSPS) is 23.0. The summed E-state index contributed by atoms with van der Waals surface area (Å²) in [4.78, 5) is 56.6. The fraction of sp³-hybridized carbons (Fsp3) is 0.629. The lowest BCUT2D eigenvalue weighted by Gasteiger charge is -2.42. The first kappa shape index (κ1) is 33.8. The Balaban J connectivity index is 1.12. The highest BCUT2D eigenvalue weighted by Gasteiger charge is 2.45. The second-order valence-electron chi connectivity index (χ2n) is 15.7. The van der Waals surface area contributed by atoms with Gasteiger partial charge in [0.05, 0.1) is 17.6 Å². The zero-order chi connectivity index (χ0) is 34.5. The molecule has 6 heterocycles. The van der Waals surface area contributed by atoms with Gasteiger partial charge in [0, 0.05) is 69.8 Å². The summed E-state index contributed by atoms with van der Waals surface area (Å²) in [5.74, 6) is 1.31. The number of nitrogens with one attached hydrogen (secondary N) is 2. The Morgan fingerprint density at radius 1 is 0.958 bits per heavy atom. The van der Waals surface area contributed by atoms with Crippen LogP contribution in [-0.2, 0) is 4.74 Å². The molecule has 0 spiro atoms. The smallest absolute Gasteiger partial charge is 0.410 e. The van der Waals surface area contributed by atoms with E-state index in [2.05, 4.69) is 50.8 Å². The molecular weight excluding hydrogens is 610 g/mol. The van der Waals surface area contributed by atoms with E-state index < -0.39 is 11.9 Å². The number of anilines is 2. The molecule has 4 aliphatic heterocycles. The minimum absolute atomic E-state index is 0.0384. The molecule has 13 heteroatoms. The Hall–Kier alpha value is -4.13. The Morgan fingerprint density at radius 3 is 2.19 bits per heavy atom.